The van der Waals surface area contributed by atoms with Gasteiger partial charge in [-0.3, -0.25) is 14.4 Å². The number of benzene rings is 2. The maximum Gasteiger partial charge on any atom is 0.251 e. The fraction of sp³-hybridized carbons (Fsp3) is 0.250. The van der Waals surface area contributed by atoms with E-state index in [1.165, 1.54) is 25.9 Å². The summed E-state index contributed by atoms with van der Waals surface area (Å²) in [6, 6.07) is 13.7. The predicted molar refractivity (Wildman–Crippen MR) is 99.8 cm³/mol. The van der Waals surface area contributed by atoms with Gasteiger partial charge < -0.3 is 15.0 Å². The second-order valence-corrected chi connectivity index (χ2v) is 5.77. The Bertz CT molecular complexity index is 817. The van der Waals surface area contributed by atoms with Crippen LogP contribution in [0, 0.1) is 0 Å². The van der Waals surface area contributed by atoms with Gasteiger partial charge >= 0.3 is 0 Å². The van der Waals surface area contributed by atoms with Crippen LogP contribution in [-0.2, 0) is 4.79 Å². The summed E-state index contributed by atoms with van der Waals surface area (Å²) in [4.78, 5) is 37.3. The minimum absolute atomic E-state index is 0.0679. The quantitative estimate of drug-likeness (QED) is 0.776. The van der Waals surface area contributed by atoms with Gasteiger partial charge in [-0.25, -0.2) is 0 Å². The van der Waals surface area contributed by atoms with Crippen molar-refractivity contribution in [1.29, 1.82) is 0 Å². The summed E-state index contributed by atoms with van der Waals surface area (Å²) in [5.41, 5.74) is 1.65. The lowest BCUT2D eigenvalue weighted by atomic mass is 10.1. The third-order valence-corrected chi connectivity index (χ3v) is 3.90. The van der Waals surface area contributed by atoms with Crippen molar-refractivity contribution in [3.8, 4) is 5.75 Å². The topological polar surface area (TPSA) is 75.7 Å². The number of carbonyl (C=O) groups is 3. The van der Waals surface area contributed by atoms with Crippen molar-refractivity contribution < 1.29 is 19.1 Å². The Morgan fingerprint density at radius 2 is 1.69 bits per heavy atom. The molecule has 1 N–H and O–H groups in total. The standard InChI is InChI=1S/C20H22N2O4/c1-14(23)16-6-4-8-18(12-16)22(15(2)24)11-10-21-20(25)17-7-5-9-19(13-17)26-3/h4-9,12-13H,10-11H2,1-3H3,(H,21,25). The lowest BCUT2D eigenvalue weighted by Gasteiger charge is -2.22. The average molecular weight is 354 g/mol. The SMILES string of the molecule is COc1cccc(C(=O)NCCN(C(C)=O)c2cccc(C(C)=O)c2)c1. The zero-order chi connectivity index (χ0) is 19.1. The van der Waals surface area contributed by atoms with Crippen LogP contribution in [-0.4, -0.2) is 37.8 Å². The van der Waals surface area contributed by atoms with Crippen molar-refractivity contribution in [1.82, 2.24) is 5.32 Å². The molecule has 6 heteroatoms. The van der Waals surface area contributed by atoms with Crippen molar-refractivity contribution in [3.63, 3.8) is 0 Å². The number of ether oxygens (including phenoxy) is 1. The lowest BCUT2D eigenvalue weighted by Crippen LogP contribution is -2.37. The van der Waals surface area contributed by atoms with Crippen molar-refractivity contribution in [2.45, 2.75) is 13.8 Å². The highest BCUT2D eigenvalue weighted by Crippen LogP contribution is 2.17. The van der Waals surface area contributed by atoms with Gasteiger partial charge in [-0.05, 0) is 37.3 Å². The molecule has 0 heterocycles. The molecule has 0 aliphatic rings. The molecule has 0 aliphatic carbocycles. The Labute approximate surface area is 152 Å². The van der Waals surface area contributed by atoms with E-state index in [-0.39, 0.29) is 24.1 Å². The fourth-order valence-electron chi connectivity index (χ4n) is 2.51. The van der Waals surface area contributed by atoms with Crippen molar-refractivity contribution in [2.24, 2.45) is 0 Å². The van der Waals surface area contributed by atoms with Gasteiger partial charge in [-0.2, -0.15) is 0 Å². The largest absolute Gasteiger partial charge is 0.497 e. The summed E-state index contributed by atoms with van der Waals surface area (Å²) < 4.78 is 5.11. The van der Waals surface area contributed by atoms with Crippen LogP contribution in [0.15, 0.2) is 48.5 Å². The third-order valence-electron chi connectivity index (χ3n) is 3.90. The predicted octanol–water partition coefficient (Wildman–Crippen LogP) is 2.68. The normalized spacial score (nSPS) is 10.1. The molecular weight excluding hydrogens is 332 g/mol. The van der Waals surface area contributed by atoms with Crippen molar-refractivity contribution >= 4 is 23.3 Å². The first-order chi connectivity index (χ1) is 12.4. The van der Waals surface area contributed by atoms with Crippen LogP contribution >= 0.6 is 0 Å². The molecular formula is C20H22N2O4. The zero-order valence-corrected chi connectivity index (χ0v) is 15.1. The number of rotatable bonds is 7. The molecule has 0 aliphatic heterocycles. The van der Waals surface area contributed by atoms with Crippen LogP contribution < -0.4 is 15.0 Å². The Morgan fingerprint density at radius 1 is 1.00 bits per heavy atom. The van der Waals surface area contributed by atoms with Gasteiger partial charge in [-0.1, -0.05) is 18.2 Å². The molecule has 0 bridgehead atoms. The number of methoxy groups -OCH3 is 1. The van der Waals surface area contributed by atoms with Crippen LogP contribution in [0.1, 0.15) is 34.6 Å². The van der Waals surface area contributed by atoms with E-state index in [4.69, 9.17) is 4.74 Å². The van der Waals surface area contributed by atoms with Gasteiger partial charge in [0, 0.05) is 36.8 Å². The van der Waals surface area contributed by atoms with Crippen LogP contribution in [0.5, 0.6) is 5.75 Å². The van der Waals surface area contributed by atoms with E-state index < -0.39 is 0 Å². The van der Waals surface area contributed by atoms with Gasteiger partial charge in [-0.15, -0.1) is 0 Å². The van der Waals surface area contributed by atoms with Gasteiger partial charge in [0.2, 0.25) is 5.91 Å². The first-order valence-corrected chi connectivity index (χ1v) is 8.23. The number of ketones is 1. The van der Waals surface area contributed by atoms with Gasteiger partial charge in [0.05, 0.1) is 7.11 Å². The summed E-state index contributed by atoms with van der Waals surface area (Å²) in [6.45, 7) is 3.50. The van der Waals surface area contributed by atoms with Crippen molar-refractivity contribution in [3.05, 3.63) is 59.7 Å². The summed E-state index contributed by atoms with van der Waals surface area (Å²) in [6.07, 6.45) is 0. The van der Waals surface area contributed by atoms with E-state index in [0.717, 1.165) is 0 Å². The molecule has 0 unspecified atom stereocenters. The van der Waals surface area contributed by atoms with Crippen molar-refractivity contribution in [2.75, 3.05) is 25.1 Å². The van der Waals surface area contributed by atoms with Gasteiger partial charge in [0.1, 0.15) is 5.75 Å². The molecule has 0 saturated heterocycles. The molecule has 26 heavy (non-hydrogen) atoms. The first-order valence-electron chi connectivity index (χ1n) is 8.23. The lowest BCUT2D eigenvalue weighted by molar-refractivity contribution is -0.116. The summed E-state index contributed by atoms with van der Waals surface area (Å²) >= 11 is 0. The number of nitrogens with zero attached hydrogens (tertiary/aromatic N) is 1. The Balaban J connectivity index is 2.03. The van der Waals surface area contributed by atoms with Crippen LogP contribution in [0.3, 0.4) is 0 Å². The smallest absolute Gasteiger partial charge is 0.251 e. The van der Waals surface area contributed by atoms with E-state index in [2.05, 4.69) is 5.32 Å². The van der Waals surface area contributed by atoms with Gasteiger partial charge in [0.15, 0.2) is 5.78 Å². The summed E-state index contributed by atoms with van der Waals surface area (Å²) in [5.74, 6) is 0.122. The molecule has 2 aromatic rings. The Kier molecular flexibility index (Phi) is 6.49. The molecule has 0 atom stereocenters. The fourth-order valence-corrected chi connectivity index (χ4v) is 2.51. The number of nitrogens with one attached hydrogen (secondary N) is 1. The molecule has 0 fully saturated rings. The molecule has 0 aromatic heterocycles. The molecule has 6 nitrogen and oxygen atoms in total. The number of hydrogen-bond donors (Lipinski definition) is 1. The Morgan fingerprint density at radius 3 is 2.35 bits per heavy atom. The molecule has 136 valence electrons. The van der Waals surface area contributed by atoms with Crippen LogP contribution in [0.4, 0.5) is 5.69 Å². The molecule has 2 rings (SSSR count). The monoisotopic (exact) mass is 354 g/mol. The summed E-state index contributed by atoms with van der Waals surface area (Å²) in [7, 11) is 1.54. The third kappa shape index (κ3) is 4.92. The minimum Gasteiger partial charge on any atom is -0.497 e. The molecule has 0 radical (unpaired) electrons. The number of carbonyl (C=O) groups excluding carboxylic acids is 3. The minimum atomic E-state index is -0.245. The number of amides is 2. The number of Topliss-reactive ketones (excluding diaryl/α,β-unsaturated/α-hetero) is 1. The van der Waals surface area contributed by atoms with E-state index in [1.807, 2.05) is 0 Å². The van der Waals surface area contributed by atoms with E-state index in [1.54, 1.807) is 48.5 Å². The second-order valence-electron chi connectivity index (χ2n) is 5.77. The molecule has 0 saturated carbocycles. The molecule has 2 aromatic carbocycles. The van der Waals surface area contributed by atoms with E-state index >= 15 is 0 Å². The van der Waals surface area contributed by atoms with Crippen LogP contribution in [0.2, 0.25) is 0 Å². The van der Waals surface area contributed by atoms with E-state index in [9.17, 15) is 14.4 Å². The molecule has 2 amide bonds. The number of anilines is 1. The van der Waals surface area contributed by atoms with Crippen LogP contribution in [0.25, 0.3) is 0 Å². The average Bonchev–Trinajstić information content (AvgIpc) is 2.64. The second kappa shape index (κ2) is 8.80. The highest BCUT2D eigenvalue weighted by atomic mass is 16.5. The number of hydrogen-bond acceptors (Lipinski definition) is 4. The van der Waals surface area contributed by atoms with Gasteiger partial charge in [0.25, 0.3) is 5.91 Å². The highest BCUT2D eigenvalue weighted by molar-refractivity contribution is 5.97. The maximum atomic E-state index is 12.2. The zero-order valence-electron chi connectivity index (χ0n) is 15.1. The Hall–Kier alpha value is -3.15. The van der Waals surface area contributed by atoms with E-state index in [0.29, 0.717) is 29.1 Å². The molecule has 0 spiro atoms. The first kappa shape index (κ1) is 19.2. The maximum absolute atomic E-state index is 12.2. The highest BCUT2D eigenvalue weighted by Gasteiger charge is 2.14. The summed E-state index contributed by atoms with van der Waals surface area (Å²) in [5, 5.41) is 2.79.